The Kier molecular flexibility index (Phi) is 4.89. The number of benzene rings is 1. The number of piperazine rings is 1. The minimum atomic E-state index is -3.14. The second-order valence-corrected chi connectivity index (χ2v) is 7.62. The maximum atomic E-state index is 11.7. The van der Waals surface area contributed by atoms with Gasteiger partial charge in [0.1, 0.15) is 0 Å². The monoisotopic (exact) mass is 300 g/mol. The molecular formula is C13H20N2O2S2. The Morgan fingerprint density at radius 1 is 1.32 bits per heavy atom. The first kappa shape index (κ1) is 14.8. The minimum absolute atomic E-state index is 0.434. The molecule has 0 aromatic heterocycles. The zero-order chi connectivity index (χ0) is 13.9. The summed E-state index contributed by atoms with van der Waals surface area (Å²) in [4.78, 5) is 3.66. The van der Waals surface area contributed by atoms with Crippen LogP contribution in [0.2, 0.25) is 0 Å². The standard InChI is InChI=1S/C13H20N2O2S2/c1-18-12-9-11(3-4-13(12)19(2,16)17)10-15-7-5-14-6-8-15/h3-4,9,14H,5-8,10H2,1-2H3. The van der Waals surface area contributed by atoms with Crippen LogP contribution in [0.1, 0.15) is 5.56 Å². The predicted molar refractivity (Wildman–Crippen MR) is 79.5 cm³/mol. The van der Waals surface area contributed by atoms with Gasteiger partial charge in [0.05, 0.1) is 4.90 Å². The van der Waals surface area contributed by atoms with Gasteiger partial charge in [-0.1, -0.05) is 6.07 Å². The number of sulfone groups is 1. The summed E-state index contributed by atoms with van der Waals surface area (Å²) in [6, 6.07) is 5.67. The van der Waals surface area contributed by atoms with E-state index < -0.39 is 9.84 Å². The van der Waals surface area contributed by atoms with E-state index in [0.717, 1.165) is 37.6 Å². The van der Waals surface area contributed by atoms with Crippen LogP contribution in [0.5, 0.6) is 0 Å². The van der Waals surface area contributed by atoms with E-state index in [0.29, 0.717) is 4.90 Å². The SMILES string of the molecule is CSc1cc(CN2CCNCC2)ccc1S(C)(=O)=O. The van der Waals surface area contributed by atoms with Gasteiger partial charge in [0.25, 0.3) is 0 Å². The van der Waals surface area contributed by atoms with E-state index in [2.05, 4.69) is 10.2 Å². The van der Waals surface area contributed by atoms with Crippen molar-refractivity contribution in [2.45, 2.75) is 16.3 Å². The van der Waals surface area contributed by atoms with Gasteiger partial charge in [-0.15, -0.1) is 11.8 Å². The third kappa shape index (κ3) is 3.95. The summed E-state index contributed by atoms with van der Waals surface area (Å²) in [6.45, 7) is 5.03. The molecule has 1 aromatic rings. The highest BCUT2D eigenvalue weighted by molar-refractivity contribution is 7.99. The fourth-order valence-corrected chi connectivity index (χ4v) is 4.23. The molecule has 2 rings (SSSR count). The molecule has 1 N–H and O–H groups in total. The van der Waals surface area contributed by atoms with Gasteiger partial charge in [0.2, 0.25) is 0 Å². The first-order valence-corrected chi connectivity index (χ1v) is 9.42. The van der Waals surface area contributed by atoms with Crippen molar-refractivity contribution >= 4 is 21.6 Å². The lowest BCUT2D eigenvalue weighted by molar-refractivity contribution is 0.233. The van der Waals surface area contributed by atoms with E-state index in [-0.39, 0.29) is 0 Å². The molecule has 1 saturated heterocycles. The molecule has 1 heterocycles. The van der Waals surface area contributed by atoms with Crippen molar-refractivity contribution in [1.29, 1.82) is 0 Å². The average molecular weight is 300 g/mol. The van der Waals surface area contributed by atoms with Gasteiger partial charge in [0, 0.05) is 43.9 Å². The van der Waals surface area contributed by atoms with Crippen LogP contribution in [-0.2, 0) is 16.4 Å². The highest BCUT2D eigenvalue weighted by Gasteiger charge is 2.15. The molecular weight excluding hydrogens is 280 g/mol. The number of nitrogens with zero attached hydrogens (tertiary/aromatic N) is 1. The summed E-state index contributed by atoms with van der Waals surface area (Å²) in [5.41, 5.74) is 1.18. The molecule has 0 aliphatic carbocycles. The Balaban J connectivity index is 2.19. The van der Waals surface area contributed by atoms with Crippen LogP contribution < -0.4 is 5.32 Å². The van der Waals surface area contributed by atoms with Crippen molar-refractivity contribution in [1.82, 2.24) is 10.2 Å². The molecule has 1 aliphatic heterocycles. The Morgan fingerprint density at radius 2 is 2.00 bits per heavy atom. The quantitative estimate of drug-likeness (QED) is 0.847. The predicted octanol–water partition coefficient (Wildman–Crippen LogP) is 1.22. The van der Waals surface area contributed by atoms with Gasteiger partial charge in [0.15, 0.2) is 9.84 Å². The van der Waals surface area contributed by atoms with Crippen LogP contribution >= 0.6 is 11.8 Å². The van der Waals surface area contributed by atoms with Gasteiger partial charge >= 0.3 is 0 Å². The second kappa shape index (κ2) is 6.26. The lowest BCUT2D eigenvalue weighted by Crippen LogP contribution is -2.42. The normalized spacial score (nSPS) is 17.6. The maximum absolute atomic E-state index is 11.7. The third-order valence-corrected chi connectivity index (χ3v) is 5.31. The Morgan fingerprint density at radius 3 is 2.58 bits per heavy atom. The molecule has 0 atom stereocenters. The molecule has 0 radical (unpaired) electrons. The Labute approximate surface area is 119 Å². The smallest absolute Gasteiger partial charge is 0.176 e. The fraction of sp³-hybridized carbons (Fsp3) is 0.538. The van der Waals surface area contributed by atoms with E-state index in [4.69, 9.17) is 0 Å². The van der Waals surface area contributed by atoms with Crippen LogP contribution in [-0.4, -0.2) is 52.0 Å². The number of hydrogen-bond donors (Lipinski definition) is 1. The van der Waals surface area contributed by atoms with Crippen LogP contribution in [0.25, 0.3) is 0 Å². The summed E-state index contributed by atoms with van der Waals surface area (Å²) in [7, 11) is -3.14. The fourth-order valence-electron chi connectivity index (χ4n) is 2.24. The first-order chi connectivity index (χ1) is 9.00. The molecule has 0 bridgehead atoms. The summed E-state index contributed by atoms with van der Waals surface area (Å²) >= 11 is 1.49. The minimum Gasteiger partial charge on any atom is -0.314 e. The molecule has 106 valence electrons. The zero-order valence-corrected chi connectivity index (χ0v) is 13.0. The van der Waals surface area contributed by atoms with Crippen molar-refractivity contribution in [3.8, 4) is 0 Å². The van der Waals surface area contributed by atoms with E-state index in [1.165, 1.54) is 23.6 Å². The van der Waals surface area contributed by atoms with Gasteiger partial charge < -0.3 is 5.32 Å². The van der Waals surface area contributed by atoms with Crippen LogP contribution in [0.3, 0.4) is 0 Å². The van der Waals surface area contributed by atoms with Crippen LogP contribution in [0.15, 0.2) is 28.0 Å². The molecule has 1 aromatic carbocycles. The number of hydrogen-bond acceptors (Lipinski definition) is 5. The number of rotatable bonds is 4. The molecule has 1 aliphatic rings. The molecule has 0 unspecified atom stereocenters. The number of thioether (sulfide) groups is 1. The molecule has 19 heavy (non-hydrogen) atoms. The first-order valence-electron chi connectivity index (χ1n) is 6.31. The van der Waals surface area contributed by atoms with Crippen molar-refractivity contribution in [2.24, 2.45) is 0 Å². The average Bonchev–Trinajstić information content (AvgIpc) is 2.38. The Hall–Kier alpha value is -0.560. The molecule has 0 saturated carbocycles. The summed E-state index contributed by atoms with van der Waals surface area (Å²) < 4.78 is 23.4. The Bertz CT molecular complexity index is 538. The van der Waals surface area contributed by atoms with Gasteiger partial charge in [-0.2, -0.15) is 0 Å². The second-order valence-electron chi connectivity index (χ2n) is 4.78. The lowest BCUT2D eigenvalue weighted by atomic mass is 10.2. The van der Waals surface area contributed by atoms with E-state index in [1.807, 2.05) is 18.4 Å². The van der Waals surface area contributed by atoms with Crippen molar-refractivity contribution in [3.05, 3.63) is 23.8 Å². The van der Waals surface area contributed by atoms with Gasteiger partial charge in [-0.3, -0.25) is 4.90 Å². The van der Waals surface area contributed by atoms with Crippen LogP contribution in [0, 0.1) is 0 Å². The third-order valence-electron chi connectivity index (χ3n) is 3.24. The van der Waals surface area contributed by atoms with Crippen molar-refractivity contribution in [2.75, 3.05) is 38.7 Å². The van der Waals surface area contributed by atoms with Crippen LogP contribution in [0.4, 0.5) is 0 Å². The molecule has 0 spiro atoms. The molecule has 0 amide bonds. The molecule has 4 nitrogen and oxygen atoms in total. The zero-order valence-electron chi connectivity index (χ0n) is 11.3. The largest absolute Gasteiger partial charge is 0.314 e. The van der Waals surface area contributed by atoms with E-state index >= 15 is 0 Å². The number of nitrogens with one attached hydrogen (secondary N) is 1. The highest BCUT2D eigenvalue weighted by Crippen LogP contribution is 2.26. The van der Waals surface area contributed by atoms with Gasteiger partial charge in [-0.25, -0.2) is 8.42 Å². The van der Waals surface area contributed by atoms with Crippen molar-refractivity contribution in [3.63, 3.8) is 0 Å². The van der Waals surface area contributed by atoms with E-state index in [1.54, 1.807) is 6.07 Å². The molecule has 1 fully saturated rings. The summed E-state index contributed by atoms with van der Waals surface area (Å²) in [5, 5.41) is 3.33. The summed E-state index contributed by atoms with van der Waals surface area (Å²) in [5.74, 6) is 0. The van der Waals surface area contributed by atoms with Crippen molar-refractivity contribution < 1.29 is 8.42 Å². The highest BCUT2D eigenvalue weighted by atomic mass is 32.2. The maximum Gasteiger partial charge on any atom is 0.176 e. The van der Waals surface area contributed by atoms with E-state index in [9.17, 15) is 8.42 Å². The summed E-state index contributed by atoms with van der Waals surface area (Å²) in [6.07, 6.45) is 3.18. The topological polar surface area (TPSA) is 49.4 Å². The van der Waals surface area contributed by atoms with Gasteiger partial charge in [-0.05, 0) is 24.0 Å². The molecule has 6 heteroatoms. The lowest BCUT2D eigenvalue weighted by Gasteiger charge is -2.27.